The van der Waals surface area contributed by atoms with Crippen molar-refractivity contribution in [3.63, 3.8) is 0 Å². The van der Waals surface area contributed by atoms with Crippen LogP contribution in [0.3, 0.4) is 0 Å². The van der Waals surface area contributed by atoms with E-state index in [2.05, 4.69) is 5.32 Å². The van der Waals surface area contributed by atoms with Crippen molar-refractivity contribution < 1.29 is 19.5 Å². The summed E-state index contributed by atoms with van der Waals surface area (Å²) in [5.74, 6) is -1.53. The van der Waals surface area contributed by atoms with E-state index in [0.29, 0.717) is 24.9 Å². The minimum Gasteiger partial charge on any atom is -0.480 e. The molecule has 2 rings (SSSR count). The van der Waals surface area contributed by atoms with Crippen molar-refractivity contribution in [1.82, 2.24) is 10.2 Å². The molecule has 1 aliphatic heterocycles. The predicted molar refractivity (Wildman–Crippen MR) is 93.8 cm³/mol. The molecule has 1 fully saturated rings. The maximum Gasteiger partial charge on any atom is 0.326 e. The molecule has 0 radical (unpaired) electrons. The fourth-order valence-electron chi connectivity index (χ4n) is 3.12. The summed E-state index contributed by atoms with van der Waals surface area (Å²) in [5.41, 5.74) is 0.704. The summed E-state index contributed by atoms with van der Waals surface area (Å²) in [6.07, 6.45) is 4.05. The minimum absolute atomic E-state index is 0.0595. The molecule has 6 nitrogen and oxygen atoms in total. The Hall–Kier alpha value is -2.37. The lowest BCUT2D eigenvalue weighted by atomic mass is 9.99. The van der Waals surface area contributed by atoms with Gasteiger partial charge in [-0.05, 0) is 24.8 Å². The number of rotatable bonds is 8. The number of benzene rings is 1. The number of carbonyl (C=O) groups excluding carboxylic acids is 2. The number of piperidine rings is 1. The lowest BCUT2D eigenvalue weighted by Gasteiger charge is -2.34. The molecule has 0 spiro atoms. The van der Waals surface area contributed by atoms with Crippen LogP contribution in [0.2, 0.25) is 0 Å². The molecule has 0 saturated carbocycles. The standard InChI is InChI=1S/C19H26N2O4/c1-2-3-11-15(19(24)25)20-18(23)17(14-9-5-4-6-10-14)21-13-8-7-12-16(21)22/h4-6,9-10,15,17H,2-3,7-8,11-13H2,1H3,(H,20,23)(H,24,25)/t15-,17?/m0/s1. The number of likely N-dealkylation sites (tertiary alicyclic amines) is 1. The van der Waals surface area contributed by atoms with E-state index in [0.717, 1.165) is 25.7 Å². The second kappa shape index (κ2) is 9.20. The molecule has 1 saturated heterocycles. The molecule has 2 N–H and O–H groups in total. The second-order valence-electron chi connectivity index (χ2n) is 6.40. The SMILES string of the molecule is CCCC[C@H](NC(=O)C(c1ccccc1)N1CCCCC1=O)C(=O)O. The number of carbonyl (C=O) groups is 3. The van der Waals surface area contributed by atoms with Crippen molar-refractivity contribution in [1.29, 1.82) is 0 Å². The normalized spacial score (nSPS) is 17.0. The zero-order chi connectivity index (χ0) is 18.2. The molecule has 2 atom stereocenters. The highest BCUT2D eigenvalue weighted by atomic mass is 16.4. The number of carboxylic acids is 1. The third kappa shape index (κ3) is 5.05. The van der Waals surface area contributed by atoms with E-state index >= 15 is 0 Å². The van der Waals surface area contributed by atoms with E-state index < -0.39 is 24.0 Å². The number of hydrogen-bond donors (Lipinski definition) is 2. The van der Waals surface area contributed by atoms with Crippen LogP contribution in [-0.4, -0.2) is 40.4 Å². The molecule has 1 aliphatic rings. The van der Waals surface area contributed by atoms with Gasteiger partial charge in [0.2, 0.25) is 11.8 Å². The monoisotopic (exact) mass is 346 g/mol. The number of aliphatic carboxylic acids is 1. The van der Waals surface area contributed by atoms with Gasteiger partial charge in [0.15, 0.2) is 0 Å². The smallest absolute Gasteiger partial charge is 0.326 e. The third-order valence-electron chi connectivity index (χ3n) is 4.50. The van der Waals surface area contributed by atoms with Gasteiger partial charge in [0.25, 0.3) is 0 Å². The highest BCUT2D eigenvalue weighted by Gasteiger charge is 2.34. The maximum absolute atomic E-state index is 12.9. The first kappa shape index (κ1) is 19.0. The molecule has 0 bridgehead atoms. The summed E-state index contributed by atoms with van der Waals surface area (Å²) >= 11 is 0. The summed E-state index contributed by atoms with van der Waals surface area (Å²) in [6, 6.07) is 7.36. The highest BCUT2D eigenvalue weighted by Crippen LogP contribution is 2.26. The van der Waals surface area contributed by atoms with Crippen LogP contribution in [0.5, 0.6) is 0 Å². The minimum atomic E-state index is -1.04. The van der Waals surface area contributed by atoms with Gasteiger partial charge in [0, 0.05) is 13.0 Å². The van der Waals surface area contributed by atoms with Crippen molar-refractivity contribution in [3.8, 4) is 0 Å². The van der Waals surface area contributed by atoms with Gasteiger partial charge >= 0.3 is 5.97 Å². The summed E-state index contributed by atoms with van der Waals surface area (Å²) < 4.78 is 0. The van der Waals surface area contributed by atoms with E-state index in [1.165, 1.54) is 0 Å². The van der Waals surface area contributed by atoms with Crippen LogP contribution in [0, 0.1) is 0 Å². The molecule has 6 heteroatoms. The van der Waals surface area contributed by atoms with Crippen LogP contribution in [0.25, 0.3) is 0 Å². The number of nitrogens with one attached hydrogen (secondary N) is 1. The molecule has 1 unspecified atom stereocenters. The van der Waals surface area contributed by atoms with E-state index in [1.54, 1.807) is 17.0 Å². The fourth-order valence-corrected chi connectivity index (χ4v) is 3.12. The molecule has 1 aromatic rings. The van der Waals surface area contributed by atoms with Crippen molar-refractivity contribution in [2.24, 2.45) is 0 Å². The number of amides is 2. The Kier molecular flexibility index (Phi) is 6.98. The van der Waals surface area contributed by atoms with Crippen LogP contribution >= 0.6 is 0 Å². The first-order chi connectivity index (χ1) is 12.0. The predicted octanol–water partition coefficient (Wildman–Crippen LogP) is 2.50. The Morgan fingerprint density at radius 1 is 1.24 bits per heavy atom. The van der Waals surface area contributed by atoms with Crippen molar-refractivity contribution in [2.75, 3.05) is 6.54 Å². The van der Waals surface area contributed by atoms with E-state index in [1.807, 2.05) is 25.1 Å². The van der Waals surface area contributed by atoms with Crippen molar-refractivity contribution >= 4 is 17.8 Å². The molecule has 0 aromatic heterocycles. The highest BCUT2D eigenvalue weighted by molar-refractivity contribution is 5.91. The number of unbranched alkanes of at least 4 members (excludes halogenated alkanes) is 1. The van der Waals surface area contributed by atoms with Crippen LogP contribution in [-0.2, 0) is 14.4 Å². The molecule has 136 valence electrons. The lowest BCUT2D eigenvalue weighted by molar-refractivity contribution is -0.146. The fraction of sp³-hybridized carbons (Fsp3) is 0.526. The van der Waals surface area contributed by atoms with Gasteiger partial charge in [0.05, 0.1) is 0 Å². The molecule has 0 aliphatic carbocycles. The number of carboxylic acid groups (broad SMARTS) is 1. The molecule has 1 heterocycles. The second-order valence-corrected chi connectivity index (χ2v) is 6.40. The number of hydrogen-bond acceptors (Lipinski definition) is 3. The van der Waals surface area contributed by atoms with Gasteiger partial charge in [0.1, 0.15) is 12.1 Å². The Morgan fingerprint density at radius 2 is 1.96 bits per heavy atom. The Bertz CT molecular complexity index is 603. The Labute approximate surface area is 148 Å². The summed E-state index contributed by atoms with van der Waals surface area (Å²) in [7, 11) is 0. The molecule has 1 aromatic carbocycles. The Morgan fingerprint density at radius 3 is 2.56 bits per heavy atom. The van der Waals surface area contributed by atoms with Crippen LogP contribution in [0.15, 0.2) is 30.3 Å². The third-order valence-corrected chi connectivity index (χ3v) is 4.50. The maximum atomic E-state index is 12.9. The van der Waals surface area contributed by atoms with Crippen molar-refractivity contribution in [2.45, 2.75) is 57.5 Å². The number of nitrogens with zero attached hydrogens (tertiary/aromatic N) is 1. The topological polar surface area (TPSA) is 86.7 Å². The van der Waals surface area contributed by atoms with Gasteiger partial charge in [-0.1, -0.05) is 50.1 Å². The average Bonchev–Trinajstić information content (AvgIpc) is 2.61. The Balaban J connectivity index is 2.23. The average molecular weight is 346 g/mol. The van der Waals surface area contributed by atoms with Crippen molar-refractivity contribution in [3.05, 3.63) is 35.9 Å². The molecule has 25 heavy (non-hydrogen) atoms. The largest absolute Gasteiger partial charge is 0.480 e. The van der Waals surface area contributed by atoms with Gasteiger partial charge in [-0.3, -0.25) is 9.59 Å². The lowest BCUT2D eigenvalue weighted by Crippen LogP contribution is -2.49. The van der Waals surface area contributed by atoms with Gasteiger partial charge in [-0.2, -0.15) is 0 Å². The zero-order valence-electron chi connectivity index (χ0n) is 14.6. The van der Waals surface area contributed by atoms with E-state index in [4.69, 9.17) is 0 Å². The van der Waals surface area contributed by atoms with Gasteiger partial charge in [-0.15, -0.1) is 0 Å². The molecular weight excluding hydrogens is 320 g/mol. The zero-order valence-corrected chi connectivity index (χ0v) is 14.6. The molecular formula is C19H26N2O4. The van der Waals surface area contributed by atoms with E-state index in [-0.39, 0.29) is 5.91 Å². The summed E-state index contributed by atoms with van der Waals surface area (Å²) in [6.45, 7) is 2.48. The van der Waals surface area contributed by atoms with E-state index in [9.17, 15) is 19.5 Å². The summed E-state index contributed by atoms with van der Waals surface area (Å²) in [5, 5.41) is 12.0. The van der Waals surface area contributed by atoms with Gasteiger partial charge < -0.3 is 15.3 Å². The van der Waals surface area contributed by atoms with Crippen LogP contribution < -0.4 is 5.32 Å². The van der Waals surface area contributed by atoms with Crippen LogP contribution in [0.1, 0.15) is 57.1 Å². The first-order valence-electron chi connectivity index (χ1n) is 8.92. The quantitative estimate of drug-likeness (QED) is 0.757. The molecule has 2 amide bonds. The summed E-state index contributed by atoms with van der Waals surface area (Å²) in [4.78, 5) is 38.3. The van der Waals surface area contributed by atoms with Gasteiger partial charge in [-0.25, -0.2) is 4.79 Å². The van der Waals surface area contributed by atoms with Crippen LogP contribution in [0.4, 0.5) is 0 Å². The first-order valence-corrected chi connectivity index (χ1v) is 8.92.